The molecule has 0 spiro atoms. The lowest BCUT2D eigenvalue weighted by Gasteiger charge is -2.39. The van der Waals surface area contributed by atoms with E-state index in [-0.39, 0.29) is 29.7 Å². The van der Waals surface area contributed by atoms with Crippen LogP contribution in [0.1, 0.15) is 40.4 Å². The lowest BCUT2D eigenvalue weighted by molar-refractivity contribution is 0.0696. The molecule has 3 heterocycles. The number of carboxylic acid groups (broad SMARTS) is 1. The molecule has 2 aromatic carbocycles. The highest BCUT2D eigenvalue weighted by Crippen LogP contribution is 2.35. The third-order valence-corrected chi connectivity index (χ3v) is 8.38. The number of imide groups is 1. The average Bonchev–Trinajstić information content (AvgIpc) is 3.31. The Morgan fingerprint density at radius 2 is 1.70 bits per heavy atom. The minimum absolute atomic E-state index is 0.0679. The van der Waals surface area contributed by atoms with E-state index < -0.39 is 5.97 Å². The molecule has 0 radical (unpaired) electrons. The van der Waals surface area contributed by atoms with Gasteiger partial charge in [0, 0.05) is 50.9 Å². The van der Waals surface area contributed by atoms with Crippen molar-refractivity contribution in [2.24, 2.45) is 0 Å². The minimum Gasteiger partial charge on any atom is -0.478 e. The van der Waals surface area contributed by atoms with Crippen LogP contribution in [0.2, 0.25) is 0 Å². The molecule has 208 valence electrons. The molecule has 0 saturated carbocycles. The van der Waals surface area contributed by atoms with Gasteiger partial charge in [0.05, 0.1) is 18.2 Å². The lowest BCUT2D eigenvalue weighted by atomic mass is 9.99. The van der Waals surface area contributed by atoms with Crippen LogP contribution in [0.3, 0.4) is 0 Å². The van der Waals surface area contributed by atoms with Gasteiger partial charge in [-0.3, -0.25) is 4.90 Å². The monoisotopic (exact) mass is 559 g/mol. The number of aromatic carboxylic acids is 1. The van der Waals surface area contributed by atoms with Crippen LogP contribution < -0.4 is 0 Å². The third-order valence-electron chi connectivity index (χ3n) is 7.42. The van der Waals surface area contributed by atoms with Gasteiger partial charge >= 0.3 is 18.0 Å². The molecule has 1 atom stereocenters. The molecular weight excluding hydrogens is 526 g/mol. The standard InChI is InChI=1S/C30H33N5O4S/c1-32(2)29(38)34-20-26(22-6-4-3-5-7-22)35(30(34)39)24-14-16-33(17-15-24)19-21-8-13-27(31-18-21)40-25-11-9-23(10-12-25)28(36)37/h3-13,18,24,26H,14-17,19-20H2,1-2H3,(H,36,37). The maximum absolute atomic E-state index is 13.5. The maximum atomic E-state index is 13.5. The Hall–Kier alpha value is -3.89. The average molecular weight is 560 g/mol. The SMILES string of the molecule is CN(C)C(=O)N1CC(c2ccccc2)N(C2CCN(Cc3ccc(Sc4ccc(C(=O)O)cc4)nc3)CC2)C1=O. The van der Waals surface area contributed by atoms with Crippen molar-refractivity contribution < 1.29 is 19.5 Å². The molecule has 9 nitrogen and oxygen atoms in total. The number of carboxylic acids is 1. The van der Waals surface area contributed by atoms with Crippen molar-refractivity contribution in [1.29, 1.82) is 0 Å². The Bertz CT molecular complexity index is 1340. The molecule has 3 aromatic rings. The number of aromatic nitrogens is 1. The first-order chi connectivity index (χ1) is 19.3. The van der Waals surface area contributed by atoms with E-state index in [9.17, 15) is 14.4 Å². The van der Waals surface area contributed by atoms with Crippen LogP contribution in [-0.4, -0.2) is 87.5 Å². The number of carbonyl (C=O) groups is 3. The van der Waals surface area contributed by atoms with Gasteiger partial charge in [0.15, 0.2) is 0 Å². The summed E-state index contributed by atoms with van der Waals surface area (Å²) in [5.41, 5.74) is 2.43. The highest BCUT2D eigenvalue weighted by atomic mass is 32.2. The summed E-state index contributed by atoms with van der Waals surface area (Å²) in [6, 6.07) is 20.2. The second-order valence-corrected chi connectivity index (χ2v) is 11.4. The van der Waals surface area contributed by atoms with Gasteiger partial charge in [-0.15, -0.1) is 0 Å². The predicted molar refractivity (Wildman–Crippen MR) is 152 cm³/mol. The number of nitrogens with zero attached hydrogens (tertiary/aromatic N) is 5. The molecule has 0 aliphatic carbocycles. The van der Waals surface area contributed by atoms with E-state index in [0.29, 0.717) is 6.54 Å². The molecule has 1 aromatic heterocycles. The van der Waals surface area contributed by atoms with E-state index in [4.69, 9.17) is 5.11 Å². The Morgan fingerprint density at radius 3 is 2.30 bits per heavy atom. The molecule has 2 saturated heterocycles. The Kier molecular flexibility index (Phi) is 8.37. The number of likely N-dealkylation sites (tertiary alicyclic amines) is 1. The summed E-state index contributed by atoms with van der Waals surface area (Å²) in [5.74, 6) is -0.937. The Morgan fingerprint density at radius 1 is 1.00 bits per heavy atom. The number of amides is 4. The van der Waals surface area contributed by atoms with E-state index in [1.807, 2.05) is 47.5 Å². The van der Waals surface area contributed by atoms with Gasteiger partial charge in [0.2, 0.25) is 0 Å². The van der Waals surface area contributed by atoms with Crippen LogP contribution in [0.5, 0.6) is 0 Å². The molecular formula is C30H33N5O4S. The molecule has 0 bridgehead atoms. The number of hydrogen-bond acceptors (Lipinski definition) is 6. The smallest absolute Gasteiger partial charge is 0.335 e. The summed E-state index contributed by atoms with van der Waals surface area (Å²) < 4.78 is 0. The van der Waals surface area contributed by atoms with Gasteiger partial charge in [0.1, 0.15) is 5.03 Å². The number of pyridine rings is 1. The highest BCUT2D eigenvalue weighted by Gasteiger charge is 2.45. The van der Waals surface area contributed by atoms with Crippen LogP contribution in [0, 0.1) is 0 Å². The van der Waals surface area contributed by atoms with Crippen molar-refractivity contribution in [3.05, 3.63) is 89.6 Å². The summed E-state index contributed by atoms with van der Waals surface area (Å²) in [6.45, 7) is 2.84. The summed E-state index contributed by atoms with van der Waals surface area (Å²) in [6.07, 6.45) is 3.57. The largest absolute Gasteiger partial charge is 0.478 e. The number of hydrogen-bond donors (Lipinski definition) is 1. The van der Waals surface area contributed by atoms with Crippen LogP contribution >= 0.6 is 11.8 Å². The Labute approximate surface area is 238 Å². The zero-order valence-corrected chi connectivity index (χ0v) is 23.5. The third kappa shape index (κ3) is 6.13. The summed E-state index contributed by atoms with van der Waals surface area (Å²) in [7, 11) is 3.35. The number of piperidine rings is 1. The number of rotatable bonds is 7. The van der Waals surface area contributed by atoms with Crippen LogP contribution in [0.25, 0.3) is 0 Å². The predicted octanol–water partition coefficient (Wildman–Crippen LogP) is 5.06. The molecule has 4 amide bonds. The number of carbonyl (C=O) groups excluding carboxylic acids is 2. The van der Waals surface area contributed by atoms with Crippen molar-refractivity contribution in [1.82, 2.24) is 24.6 Å². The lowest BCUT2D eigenvalue weighted by Crippen LogP contribution is -2.48. The topological polar surface area (TPSA) is 97.3 Å². The van der Waals surface area contributed by atoms with Crippen molar-refractivity contribution in [2.75, 3.05) is 33.7 Å². The first-order valence-corrected chi connectivity index (χ1v) is 14.2. The van der Waals surface area contributed by atoms with Gasteiger partial charge in [0.25, 0.3) is 0 Å². The molecule has 2 fully saturated rings. The van der Waals surface area contributed by atoms with Crippen molar-refractivity contribution in [2.45, 2.75) is 41.4 Å². The summed E-state index contributed by atoms with van der Waals surface area (Å²) in [5, 5.41) is 9.91. The Balaban J connectivity index is 1.19. The summed E-state index contributed by atoms with van der Waals surface area (Å²) in [4.78, 5) is 49.9. The van der Waals surface area contributed by atoms with Crippen molar-refractivity contribution in [3.8, 4) is 0 Å². The maximum Gasteiger partial charge on any atom is 0.335 e. The molecule has 2 aliphatic rings. The first kappa shape index (κ1) is 27.7. The molecule has 10 heteroatoms. The van der Waals surface area contributed by atoms with Crippen molar-refractivity contribution >= 4 is 29.8 Å². The fraction of sp³-hybridized carbons (Fsp3) is 0.333. The second-order valence-electron chi connectivity index (χ2n) is 10.3. The van der Waals surface area contributed by atoms with Gasteiger partial charge in [-0.1, -0.05) is 48.2 Å². The van der Waals surface area contributed by atoms with Gasteiger partial charge in [-0.05, 0) is 54.3 Å². The summed E-state index contributed by atoms with van der Waals surface area (Å²) >= 11 is 1.49. The molecule has 2 aliphatic heterocycles. The van der Waals surface area contributed by atoms with Crippen LogP contribution in [0.4, 0.5) is 9.59 Å². The van der Waals surface area contributed by atoms with Gasteiger partial charge < -0.3 is 14.9 Å². The van der Waals surface area contributed by atoms with Crippen molar-refractivity contribution in [3.63, 3.8) is 0 Å². The van der Waals surface area contributed by atoms with E-state index in [2.05, 4.69) is 16.0 Å². The van der Waals surface area contributed by atoms with E-state index in [1.54, 1.807) is 38.4 Å². The molecule has 5 rings (SSSR count). The fourth-order valence-corrected chi connectivity index (χ4v) is 6.08. The first-order valence-electron chi connectivity index (χ1n) is 13.3. The highest BCUT2D eigenvalue weighted by molar-refractivity contribution is 7.99. The number of benzene rings is 2. The minimum atomic E-state index is -0.937. The van der Waals surface area contributed by atoms with E-state index in [1.165, 1.54) is 21.6 Å². The van der Waals surface area contributed by atoms with E-state index >= 15 is 0 Å². The molecule has 40 heavy (non-hydrogen) atoms. The van der Waals surface area contributed by atoms with Crippen LogP contribution in [0.15, 0.2) is 82.8 Å². The zero-order chi connectivity index (χ0) is 28.2. The zero-order valence-electron chi connectivity index (χ0n) is 22.6. The molecule has 1 N–H and O–H groups in total. The number of urea groups is 2. The molecule has 1 unspecified atom stereocenters. The van der Waals surface area contributed by atoms with Gasteiger partial charge in [-0.2, -0.15) is 0 Å². The van der Waals surface area contributed by atoms with E-state index in [0.717, 1.165) is 53.5 Å². The quantitative estimate of drug-likeness (QED) is 0.432. The van der Waals surface area contributed by atoms with Gasteiger partial charge in [-0.25, -0.2) is 24.3 Å². The van der Waals surface area contributed by atoms with Crippen LogP contribution in [-0.2, 0) is 6.54 Å². The normalized spacial score (nSPS) is 18.2. The second kappa shape index (κ2) is 12.1. The fourth-order valence-electron chi connectivity index (χ4n) is 5.33.